The minimum Gasteiger partial charge on any atom is -0.462 e. The zero-order valence-electron chi connectivity index (χ0n) is 11.0. The number of carbonyl (C=O) groups excluding carboxylic acids is 1. The van der Waals surface area contributed by atoms with E-state index in [2.05, 4.69) is 5.10 Å². The van der Waals surface area contributed by atoms with Crippen LogP contribution in [0.15, 0.2) is 30.6 Å². The van der Waals surface area contributed by atoms with Gasteiger partial charge in [0.15, 0.2) is 0 Å². The highest BCUT2D eigenvalue weighted by atomic mass is 19.4. The Hall–Kier alpha value is -2.51. The fraction of sp³-hybridized carbons (Fsp3) is 0.231. The van der Waals surface area contributed by atoms with E-state index in [1.54, 1.807) is 6.92 Å². The average Bonchev–Trinajstić information content (AvgIpc) is 2.87. The molecule has 0 aliphatic carbocycles. The number of hydrogen-bond donors (Lipinski definition) is 1. The highest BCUT2D eigenvalue weighted by Gasteiger charge is 2.32. The maximum Gasteiger partial charge on any atom is 0.419 e. The van der Waals surface area contributed by atoms with Crippen LogP contribution in [0.25, 0.3) is 5.69 Å². The van der Waals surface area contributed by atoms with Crippen molar-refractivity contribution in [2.75, 3.05) is 12.3 Å². The molecule has 0 spiro atoms. The first-order valence-electron chi connectivity index (χ1n) is 6.02. The van der Waals surface area contributed by atoms with E-state index in [0.717, 1.165) is 10.9 Å². The summed E-state index contributed by atoms with van der Waals surface area (Å²) in [6.45, 7) is 1.76. The second-order valence-electron chi connectivity index (χ2n) is 4.14. The molecule has 8 heteroatoms. The van der Waals surface area contributed by atoms with Crippen molar-refractivity contribution in [2.45, 2.75) is 13.1 Å². The molecule has 2 rings (SSSR count). The molecule has 1 aromatic heterocycles. The molecule has 0 aliphatic rings. The number of rotatable bonds is 3. The molecule has 5 nitrogen and oxygen atoms in total. The molecule has 1 heterocycles. The van der Waals surface area contributed by atoms with Gasteiger partial charge in [-0.2, -0.15) is 18.3 Å². The van der Waals surface area contributed by atoms with Gasteiger partial charge in [0.2, 0.25) is 0 Å². The summed E-state index contributed by atoms with van der Waals surface area (Å²) in [5.74, 6) is -0.677. The molecule has 0 aliphatic heterocycles. The molecular weight excluding hydrogens is 287 g/mol. The Bertz CT molecular complexity index is 665. The summed E-state index contributed by atoms with van der Waals surface area (Å²) in [6.07, 6.45) is -3.08. The number of anilines is 1. The monoisotopic (exact) mass is 299 g/mol. The number of para-hydroxylation sites is 1. The van der Waals surface area contributed by atoms with Gasteiger partial charge in [-0.25, -0.2) is 9.48 Å². The molecule has 21 heavy (non-hydrogen) atoms. The Labute approximate surface area is 118 Å². The molecular formula is C13H12F3N3O2. The third kappa shape index (κ3) is 2.99. The van der Waals surface area contributed by atoms with E-state index in [1.165, 1.54) is 18.2 Å². The number of nitrogens with two attached hydrogens (primary N) is 1. The quantitative estimate of drug-likeness (QED) is 0.698. The van der Waals surface area contributed by atoms with E-state index in [1.807, 2.05) is 0 Å². The molecule has 2 N–H and O–H groups in total. The standard InChI is InChI=1S/C13H12F3N3O2/c1-2-21-12(20)9-4-3-5-10(17)11(9)19-7-8(6-18-19)13(14,15)16/h3-7H,2,17H2,1H3. The molecule has 112 valence electrons. The van der Waals surface area contributed by atoms with Crippen LogP contribution in [-0.4, -0.2) is 22.4 Å². The molecule has 0 radical (unpaired) electrons. The summed E-state index contributed by atoms with van der Waals surface area (Å²) < 4.78 is 43.6. The maximum atomic E-state index is 12.6. The van der Waals surface area contributed by atoms with Crippen molar-refractivity contribution in [3.8, 4) is 5.69 Å². The molecule has 0 amide bonds. The van der Waals surface area contributed by atoms with E-state index < -0.39 is 17.7 Å². The van der Waals surface area contributed by atoms with Crippen LogP contribution < -0.4 is 5.73 Å². The normalized spacial score (nSPS) is 11.4. The third-order valence-electron chi connectivity index (χ3n) is 2.70. The Morgan fingerprint density at radius 3 is 2.71 bits per heavy atom. The van der Waals surface area contributed by atoms with Crippen molar-refractivity contribution >= 4 is 11.7 Å². The Balaban J connectivity index is 2.53. The molecule has 0 saturated carbocycles. The Morgan fingerprint density at radius 2 is 2.14 bits per heavy atom. The number of hydrogen-bond acceptors (Lipinski definition) is 4. The van der Waals surface area contributed by atoms with E-state index in [4.69, 9.17) is 10.5 Å². The molecule has 0 fully saturated rings. The first kappa shape index (κ1) is 14.9. The van der Waals surface area contributed by atoms with Crippen molar-refractivity contribution in [3.05, 3.63) is 41.7 Å². The molecule has 0 unspecified atom stereocenters. The SMILES string of the molecule is CCOC(=O)c1cccc(N)c1-n1cc(C(F)(F)F)cn1. The second-order valence-corrected chi connectivity index (χ2v) is 4.14. The van der Waals surface area contributed by atoms with Crippen LogP contribution in [0, 0.1) is 0 Å². The highest BCUT2D eigenvalue weighted by molar-refractivity contribution is 5.95. The van der Waals surface area contributed by atoms with Crippen LogP contribution in [0.3, 0.4) is 0 Å². The van der Waals surface area contributed by atoms with E-state index in [0.29, 0.717) is 6.20 Å². The Morgan fingerprint density at radius 1 is 1.43 bits per heavy atom. The lowest BCUT2D eigenvalue weighted by Crippen LogP contribution is -2.12. The lowest BCUT2D eigenvalue weighted by Gasteiger charge is -2.11. The number of alkyl halides is 3. The van der Waals surface area contributed by atoms with E-state index in [9.17, 15) is 18.0 Å². The first-order chi connectivity index (χ1) is 9.84. The van der Waals surface area contributed by atoms with Crippen molar-refractivity contribution in [1.82, 2.24) is 9.78 Å². The van der Waals surface area contributed by atoms with Crippen LogP contribution in [0.1, 0.15) is 22.8 Å². The van der Waals surface area contributed by atoms with Crippen LogP contribution in [0.5, 0.6) is 0 Å². The number of benzene rings is 1. The summed E-state index contributed by atoms with van der Waals surface area (Å²) in [5.41, 5.74) is 5.06. The number of nitrogen functional groups attached to an aromatic ring is 1. The van der Waals surface area contributed by atoms with Crippen LogP contribution in [-0.2, 0) is 10.9 Å². The molecule has 2 aromatic rings. The van der Waals surface area contributed by atoms with Crippen molar-refractivity contribution < 1.29 is 22.7 Å². The van der Waals surface area contributed by atoms with E-state index >= 15 is 0 Å². The minimum absolute atomic E-state index is 0.0497. The maximum absolute atomic E-state index is 12.6. The second kappa shape index (κ2) is 5.47. The highest BCUT2D eigenvalue weighted by Crippen LogP contribution is 2.30. The van der Waals surface area contributed by atoms with Gasteiger partial charge in [0.1, 0.15) is 5.69 Å². The van der Waals surface area contributed by atoms with Crippen LogP contribution in [0.4, 0.5) is 18.9 Å². The summed E-state index contributed by atoms with van der Waals surface area (Å²) in [4.78, 5) is 11.9. The topological polar surface area (TPSA) is 70.1 Å². The number of aromatic nitrogens is 2. The predicted molar refractivity (Wildman–Crippen MR) is 68.9 cm³/mol. The van der Waals surface area contributed by atoms with Gasteiger partial charge in [-0.05, 0) is 19.1 Å². The molecule has 0 bridgehead atoms. The summed E-state index contributed by atoms with van der Waals surface area (Å²) in [5, 5.41) is 3.63. The summed E-state index contributed by atoms with van der Waals surface area (Å²) >= 11 is 0. The van der Waals surface area contributed by atoms with Gasteiger partial charge in [-0.3, -0.25) is 0 Å². The van der Waals surface area contributed by atoms with Crippen molar-refractivity contribution in [3.63, 3.8) is 0 Å². The fourth-order valence-corrected chi connectivity index (χ4v) is 1.78. The van der Waals surface area contributed by atoms with Gasteiger partial charge in [0.25, 0.3) is 0 Å². The summed E-state index contributed by atoms with van der Waals surface area (Å²) in [7, 11) is 0. The van der Waals surface area contributed by atoms with Crippen molar-refractivity contribution in [1.29, 1.82) is 0 Å². The smallest absolute Gasteiger partial charge is 0.419 e. The lowest BCUT2D eigenvalue weighted by atomic mass is 10.1. The number of ether oxygens (including phenoxy) is 1. The first-order valence-corrected chi connectivity index (χ1v) is 6.02. The van der Waals surface area contributed by atoms with Gasteiger partial charge >= 0.3 is 12.1 Å². The van der Waals surface area contributed by atoms with Gasteiger partial charge in [-0.1, -0.05) is 6.07 Å². The zero-order chi connectivity index (χ0) is 15.6. The van der Waals surface area contributed by atoms with Crippen LogP contribution in [0.2, 0.25) is 0 Å². The van der Waals surface area contributed by atoms with Crippen molar-refractivity contribution in [2.24, 2.45) is 0 Å². The number of nitrogens with zero attached hydrogens (tertiary/aromatic N) is 2. The van der Waals surface area contributed by atoms with E-state index in [-0.39, 0.29) is 23.5 Å². The van der Waals surface area contributed by atoms with Gasteiger partial charge < -0.3 is 10.5 Å². The average molecular weight is 299 g/mol. The molecule has 0 atom stereocenters. The molecule has 1 aromatic carbocycles. The predicted octanol–water partition coefficient (Wildman–Crippen LogP) is 2.65. The lowest BCUT2D eigenvalue weighted by molar-refractivity contribution is -0.137. The van der Waals surface area contributed by atoms with Gasteiger partial charge in [0.05, 0.1) is 29.6 Å². The fourth-order valence-electron chi connectivity index (χ4n) is 1.78. The number of carbonyl (C=O) groups is 1. The zero-order valence-corrected chi connectivity index (χ0v) is 11.0. The third-order valence-corrected chi connectivity index (χ3v) is 2.70. The van der Waals surface area contributed by atoms with Gasteiger partial charge in [-0.15, -0.1) is 0 Å². The summed E-state index contributed by atoms with van der Waals surface area (Å²) in [6, 6.07) is 4.39. The number of halogens is 3. The Kier molecular flexibility index (Phi) is 3.88. The largest absolute Gasteiger partial charge is 0.462 e. The minimum atomic E-state index is -4.52. The van der Waals surface area contributed by atoms with Crippen LogP contribution >= 0.6 is 0 Å². The van der Waals surface area contributed by atoms with Gasteiger partial charge in [0, 0.05) is 6.20 Å². The molecule has 0 saturated heterocycles. The number of esters is 1.